The van der Waals surface area contributed by atoms with Gasteiger partial charge < -0.3 is 10.4 Å². The number of carboxylic acid groups (broad SMARTS) is 1. The molecule has 0 radical (unpaired) electrons. The van der Waals surface area contributed by atoms with E-state index in [0.29, 0.717) is 11.5 Å². The quantitative estimate of drug-likeness (QED) is 0.882. The van der Waals surface area contributed by atoms with Crippen molar-refractivity contribution in [3.8, 4) is 0 Å². The maximum atomic E-state index is 10.9. The molecular formula is C11H14N4O2S. The Balaban J connectivity index is 2.16. The lowest BCUT2D eigenvalue weighted by Crippen LogP contribution is -2.06. The van der Waals surface area contributed by atoms with E-state index in [4.69, 9.17) is 5.11 Å². The summed E-state index contributed by atoms with van der Waals surface area (Å²) in [4.78, 5) is 14.7. The number of anilines is 1. The highest BCUT2D eigenvalue weighted by Crippen LogP contribution is 2.22. The van der Waals surface area contributed by atoms with Gasteiger partial charge in [0.2, 0.25) is 0 Å². The number of thiazole rings is 1. The number of nitrogens with zero attached hydrogens (tertiary/aromatic N) is 3. The second kappa shape index (κ2) is 4.77. The zero-order valence-electron chi connectivity index (χ0n) is 10.4. The zero-order valence-corrected chi connectivity index (χ0v) is 11.2. The molecule has 2 rings (SSSR count). The predicted octanol–water partition coefficient (Wildman–Crippen LogP) is 1.80. The molecule has 2 N–H and O–H groups in total. The van der Waals surface area contributed by atoms with Crippen molar-refractivity contribution in [1.29, 1.82) is 0 Å². The van der Waals surface area contributed by atoms with Crippen LogP contribution < -0.4 is 5.32 Å². The second-order valence-corrected chi connectivity index (χ2v) is 4.82. The molecule has 96 valence electrons. The maximum absolute atomic E-state index is 10.9. The van der Waals surface area contributed by atoms with E-state index in [0.717, 1.165) is 17.0 Å². The van der Waals surface area contributed by atoms with Gasteiger partial charge in [0.25, 0.3) is 0 Å². The Morgan fingerprint density at radius 2 is 2.28 bits per heavy atom. The van der Waals surface area contributed by atoms with Crippen molar-refractivity contribution in [3.05, 3.63) is 28.2 Å². The molecule has 0 fully saturated rings. The largest absolute Gasteiger partial charge is 0.476 e. The maximum Gasteiger partial charge on any atom is 0.357 e. The Bertz CT molecular complexity index is 588. The summed E-state index contributed by atoms with van der Waals surface area (Å²) in [5.41, 5.74) is 4.70. The molecule has 18 heavy (non-hydrogen) atoms. The lowest BCUT2D eigenvalue weighted by Gasteiger charge is -2.05. The molecule has 0 amide bonds. The first-order valence-corrected chi connectivity index (χ1v) is 6.28. The third-order valence-electron chi connectivity index (χ3n) is 2.85. The number of hydrogen-bond donors (Lipinski definition) is 2. The number of carbonyl (C=O) groups is 1. The molecule has 2 heterocycles. The first-order valence-electron chi connectivity index (χ1n) is 5.40. The van der Waals surface area contributed by atoms with Crippen LogP contribution in [0.4, 0.5) is 5.00 Å². The monoisotopic (exact) mass is 266 g/mol. The van der Waals surface area contributed by atoms with Crippen LogP contribution in [0.2, 0.25) is 0 Å². The average molecular weight is 266 g/mol. The van der Waals surface area contributed by atoms with Crippen LogP contribution in [-0.4, -0.2) is 25.8 Å². The highest BCUT2D eigenvalue weighted by molar-refractivity contribution is 7.14. The second-order valence-electron chi connectivity index (χ2n) is 3.96. The molecule has 0 saturated carbocycles. The van der Waals surface area contributed by atoms with Gasteiger partial charge in [-0.05, 0) is 13.8 Å². The third kappa shape index (κ3) is 2.21. The van der Waals surface area contributed by atoms with Gasteiger partial charge in [0, 0.05) is 24.8 Å². The number of aryl methyl sites for hydroxylation is 2. The van der Waals surface area contributed by atoms with Gasteiger partial charge in [0.15, 0.2) is 5.69 Å². The van der Waals surface area contributed by atoms with Gasteiger partial charge in [0.05, 0.1) is 11.2 Å². The lowest BCUT2D eigenvalue weighted by atomic mass is 10.2. The van der Waals surface area contributed by atoms with Gasteiger partial charge in [-0.1, -0.05) is 0 Å². The first kappa shape index (κ1) is 12.6. The van der Waals surface area contributed by atoms with Crippen molar-refractivity contribution >= 4 is 22.3 Å². The molecule has 0 aromatic carbocycles. The van der Waals surface area contributed by atoms with Gasteiger partial charge in [-0.15, -0.1) is 11.3 Å². The van der Waals surface area contributed by atoms with Gasteiger partial charge >= 0.3 is 5.97 Å². The van der Waals surface area contributed by atoms with Crippen LogP contribution in [0.5, 0.6) is 0 Å². The fraction of sp³-hybridized carbons (Fsp3) is 0.364. The van der Waals surface area contributed by atoms with Crippen LogP contribution in [0.25, 0.3) is 0 Å². The summed E-state index contributed by atoms with van der Waals surface area (Å²) < 4.78 is 1.82. The Labute approximate surface area is 108 Å². The van der Waals surface area contributed by atoms with Gasteiger partial charge in [-0.2, -0.15) is 5.10 Å². The molecule has 7 heteroatoms. The minimum absolute atomic E-state index is 0.0687. The Hall–Kier alpha value is -1.89. The molecule has 0 atom stereocenters. The average Bonchev–Trinajstić information content (AvgIpc) is 2.84. The molecule has 0 aliphatic rings. The van der Waals surface area contributed by atoms with Crippen LogP contribution in [0.3, 0.4) is 0 Å². The van der Waals surface area contributed by atoms with Crippen molar-refractivity contribution in [2.45, 2.75) is 20.4 Å². The minimum atomic E-state index is -1.02. The summed E-state index contributed by atoms with van der Waals surface area (Å²) >= 11 is 1.29. The van der Waals surface area contributed by atoms with Gasteiger partial charge in [-0.3, -0.25) is 4.68 Å². The van der Waals surface area contributed by atoms with Gasteiger partial charge in [-0.25, -0.2) is 9.78 Å². The van der Waals surface area contributed by atoms with Crippen molar-refractivity contribution in [1.82, 2.24) is 14.8 Å². The summed E-state index contributed by atoms with van der Waals surface area (Å²) in [6.07, 6.45) is 0. The van der Waals surface area contributed by atoms with E-state index in [1.165, 1.54) is 16.8 Å². The number of rotatable bonds is 4. The van der Waals surface area contributed by atoms with E-state index < -0.39 is 5.97 Å². The molecule has 0 aliphatic carbocycles. The topological polar surface area (TPSA) is 80.0 Å². The number of nitrogens with one attached hydrogen (secondary N) is 1. The summed E-state index contributed by atoms with van der Waals surface area (Å²) in [5, 5.41) is 17.0. The lowest BCUT2D eigenvalue weighted by molar-refractivity contribution is 0.0692. The van der Waals surface area contributed by atoms with Crippen LogP contribution >= 0.6 is 11.3 Å². The standard InChI is InChI=1S/C11H14N4O2S/c1-6-8(7(2)15(3)14-6)4-12-10-9(11(16)17)13-5-18-10/h5,12H,4H2,1-3H3,(H,16,17). The van der Waals surface area contributed by atoms with E-state index >= 15 is 0 Å². The Kier molecular flexibility index (Phi) is 3.33. The predicted molar refractivity (Wildman–Crippen MR) is 69.1 cm³/mol. The number of aromatic carboxylic acids is 1. The molecule has 2 aromatic heterocycles. The highest BCUT2D eigenvalue weighted by Gasteiger charge is 2.15. The van der Waals surface area contributed by atoms with Crippen molar-refractivity contribution in [3.63, 3.8) is 0 Å². The Morgan fingerprint density at radius 1 is 1.56 bits per heavy atom. The SMILES string of the molecule is Cc1nn(C)c(C)c1CNc1scnc1C(=O)O. The fourth-order valence-corrected chi connectivity index (χ4v) is 2.44. The number of carboxylic acids is 1. The highest BCUT2D eigenvalue weighted by atomic mass is 32.1. The number of aromatic nitrogens is 3. The first-order chi connectivity index (χ1) is 8.50. The molecular weight excluding hydrogens is 252 g/mol. The molecule has 0 bridgehead atoms. The summed E-state index contributed by atoms with van der Waals surface area (Å²) in [6.45, 7) is 4.48. The molecule has 6 nitrogen and oxygen atoms in total. The smallest absolute Gasteiger partial charge is 0.357 e. The molecule has 0 unspecified atom stereocenters. The van der Waals surface area contributed by atoms with E-state index in [2.05, 4.69) is 15.4 Å². The summed E-state index contributed by atoms with van der Waals surface area (Å²) in [5.74, 6) is -1.02. The van der Waals surface area contributed by atoms with Gasteiger partial charge in [0.1, 0.15) is 5.00 Å². The van der Waals surface area contributed by atoms with Crippen LogP contribution in [0.1, 0.15) is 27.4 Å². The molecule has 2 aromatic rings. The van der Waals surface area contributed by atoms with E-state index in [1.54, 1.807) is 0 Å². The zero-order chi connectivity index (χ0) is 13.3. The molecule has 0 saturated heterocycles. The van der Waals surface area contributed by atoms with E-state index in [9.17, 15) is 4.79 Å². The van der Waals surface area contributed by atoms with Crippen LogP contribution in [0, 0.1) is 13.8 Å². The van der Waals surface area contributed by atoms with Crippen molar-refractivity contribution in [2.75, 3.05) is 5.32 Å². The van der Waals surface area contributed by atoms with E-state index in [1.807, 2.05) is 25.6 Å². The third-order valence-corrected chi connectivity index (χ3v) is 3.64. The van der Waals surface area contributed by atoms with Crippen molar-refractivity contribution < 1.29 is 9.90 Å². The summed E-state index contributed by atoms with van der Waals surface area (Å²) in [6, 6.07) is 0. The normalized spacial score (nSPS) is 10.6. The minimum Gasteiger partial charge on any atom is -0.476 e. The fourth-order valence-electron chi connectivity index (χ4n) is 1.77. The molecule has 0 spiro atoms. The van der Waals surface area contributed by atoms with Crippen molar-refractivity contribution in [2.24, 2.45) is 7.05 Å². The Morgan fingerprint density at radius 3 is 2.83 bits per heavy atom. The van der Waals surface area contributed by atoms with Crippen LogP contribution in [-0.2, 0) is 13.6 Å². The van der Waals surface area contributed by atoms with E-state index in [-0.39, 0.29) is 5.69 Å². The molecule has 0 aliphatic heterocycles. The summed E-state index contributed by atoms with van der Waals surface area (Å²) in [7, 11) is 1.89. The van der Waals surface area contributed by atoms with Crippen LogP contribution in [0.15, 0.2) is 5.51 Å². The number of hydrogen-bond acceptors (Lipinski definition) is 5.